The van der Waals surface area contributed by atoms with Crippen molar-refractivity contribution in [1.29, 1.82) is 5.26 Å². The largest absolute Gasteiger partial charge is 0.322 e. The second-order valence-electron chi connectivity index (χ2n) is 7.61. The number of hydrogen-bond acceptors (Lipinski definition) is 4. The van der Waals surface area contributed by atoms with E-state index in [1.54, 1.807) is 0 Å². The fourth-order valence-corrected chi connectivity index (χ4v) is 6.29. The van der Waals surface area contributed by atoms with Crippen molar-refractivity contribution in [3.63, 3.8) is 0 Å². The zero-order valence-corrected chi connectivity index (χ0v) is 15.6. The molecule has 5 heteroatoms. The van der Waals surface area contributed by atoms with E-state index in [-0.39, 0.29) is 0 Å². The minimum absolute atomic E-state index is 0.375. The van der Waals surface area contributed by atoms with Gasteiger partial charge in [0, 0.05) is 12.1 Å². The number of hydrogen-bond donors (Lipinski definition) is 0. The first kappa shape index (κ1) is 17.4. The number of nitriles is 1. The molecule has 3 rings (SSSR count). The van der Waals surface area contributed by atoms with Gasteiger partial charge in [-0.15, -0.1) is 0 Å². The van der Waals surface area contributed by atoms with Gasteiger partial charge >= 0.3 is 0 Å². The van der Waals surface area contributed by atoms with Crippen molar-refractivity contribution < 1.29 is 9.05 Å². The number of nitrogens with zero attached hydrogens (tertiary/aromatic N) is 2. The van der Waals surface area contributed by atoms with E-state index in [2.05, 4.69) is 50.6 Å². The van der Waals surface area contributed by atoms with Crippen LogP contribution in [0, 0.1) is 40.9 Å². The summed E-state index contributed by atoms with van der Waals surface area (Å²) in [6, 6.07) is 2.90. The molecular weight excluding hydrogens is 307 g/mol. The van der Waals surface area contributed by atoms with E-state index in [0.717, 1.165) is 36.2 Å². The lowest BCUT2D eigenvalue weighted by Gasteiger charge is -2.35. The fraction of sp³-hybridized carbons (Fsp3) is 0.833. The molecule has 0 saturated heterocycles. The smallest absolute Gasteiger partial charge is 0.259 e. The first-order valence-electron chi connectivity index (χ1n) is 8.94. The van der Waals surface area contributed by atoms with Crippen molar-refractivity contribution in [3.05, 3.63) is 12.2 Å². The summed E-state index contributed by atoms with van der Waals surface area (Å²) < 4.78 is 14.6. The standard InChI is InChI=1S/C18H29N2O2P/c1-12(2)20(13(3)4)23(21-9-5-8-19)22-11-16-17-14-6-7-15(10-14)18(16)17/h6-7,12-18H,5,9-11H2,1-4H3. The molecule has 2 fully saturated rings. The van der Waals surface area contributed by atoms with Crippen molar-refractivity contribution in [2.75, 3.05) is 13.2 Å². The van der Waals surface area contributed by atoms with Crippen LogP contribution in [0.3, 0.4) is 0 Å². The number of rotatable bonds is 9. The zero-order chi connectivity index (χ0) is 16.6. The van der Waals surface area contributed by atoms with E-state index in [0.29, 0.717) is 25.1 Å². The molecule has 0 heterocycles. The van der Waals surface area contributed by atoms with Gasteiger partial charge in [0.15, 0.2) is 0 Å². The maximum absolute atomic E-state index is 8.75. The number of allylic oxidation sites excluding steroid dienone is 2. The van der Waals surface area contributed by atoms with E-state index in [1.807, 2.05) is 0 Å². The van der Waals surface area contributed by atoms with Crippen molar-refractivity contribution >= 4 is 8.53 Å². The maximum Gasteiger partial charge on any atom is 0.259 e. The highest BCUT2D eigenvalue weighted by molar-refractivity contribution is 7.44. The molecule has 0 radical (unpaired) electrons. The molecule has 3 aliphatic rings. The van der Waals surface area contributed by atoms with Crippen LogP contribution in [0.1, 0.15) is 40.5 Å². The Hall–Kier alpha value is -0.460. The molecule has 3 aliphatic carbocycles. The Morgan fingerprint density at radius 3 is 2.26 bits per heavy atom. The molecular formula is C18H29N2O2P. The van der Waals surface area contributed by atoms with Gasteiger partial charge in [-0.1, -0.05) is 12.2 Å². The van der Waals surface area contributed by atoms with Crippen LogP contribution in [0.2, 0.25) is 0 Å². The molecule has 0 spiro atoms. The van der Waals surface area contributed by atoms with E-state index in [1.165, 1.54) is 6.42 Å². The van der Waals surface area contributed by atoms with Gasteiger partial charge in [-0.25, -0.2) is 4.67 Å². The summed E-state index contributed by atoms with van der Waals surface area (Å²) in [5.41, 5.74) is 0. The highest BCUT2D eigenvalue weighted by atomic mass is 31.2. The first-order valence-corrected chi connectivity index (χ1v) is 10.1. The quantitative estimate of drug-likeness (QED) is 0.357. The maximum atomic E-state index is 8.75. The Kier molecular flexibility index (Phi) is 5.43. The molecule has 23 heavy (non-hydrogen) atoms. The topological polar surface area (TPSA) is 45.5 Å². The van der Waals surface area contributed by atoms with Gasteiger partial charge in [0.25, 0.3) is 8.53 Å². The Bertz CT molecular complexity index is 462. The van der Waals surface area contributed by atoms with E-state index in [4.69, 9.17) is 14.3 Å². The lowest BCUT2D eigenvalue weighted by molar-refractivity contribution is 0.165. The van der Waals surface area contributed by atoms with Crippen LogP contribution in [-0.2, 0) is 9.05 Å². The van der Waals surface area contributed by atoms with Gasteiger partial charge in [-0.05, 0) is 63.7 Å². The molecule has 0 N–H and O–H groups in total. The van der Waals surface area contributed by atoms with Crippen LogP contribution in [0.5, 0.6) is 0 Å². The molecule has 0 aliphatic heterocycles. The molecule has 5 atom stereocenters. The predicted molar refractivity (Wildman–Crippen MR) is 92.4 cm³/mol. The zero-order valence-electron chi connectivity index (χ0n) is 14.7. The molecule has 2 saturated carbocycles. The molecule has 2 bridgehead atoms. The van der Waals surface area contributed by atoms with Gasteiger partial charge in [0.1, 0.15) is 0 Å². The highest BCUT2D eigenvalue weighted by Crippen LogP contribution is 2.67. The van der Waals surface area contributed by atoms with Gasteiger partial charge in [-0.2, -0.15) is 5.26 Å². The van der Waals surface area contributed by atoms with Gasteiger partial charge in [-0.3, -0.25) is 0 Å². The Labute approximate surface area is 141 Å². The minimum Gasteiger partial charge on any atom is -0.322 e. The SMILES string of the molecule is CC(C)N(C(C)C)P(OCCC#N)OCC1C2C3C=CC(C3)C12. The molecule has 0 aromatic heterocycles. The monoisotopic (exact) mass is 336 g/mol. The molecule has 0 aromatic rings. The summed E-state index contributed by atoms with van der Waals surface area (Å²) >= 11 is 0. The molecule has 5 unspecified atom stereocenters. The van der Waals surface area contributed by atoms with Crippen LogP contribution in [0.15, 0.2) is 12.2 Å². The first-order chi connectivity index (χ1) is 11.0. The lowest BCUT2D eigenvalue weighted by Crippen LogP contribution is -2.34. The number of fused-ring (bicyclic) bond motifs is 5. The van der Waals surface area contributed by atoms with Gasteiger partial charge < -0.3 is 9.05 Å². The van der Waals surface area contributed by atoms with E-state index in [9.17, 15) is 0 Å². The normalized spacial score (nSPS) is 35.1. The average Bonchev–Trinajstić information content (AvgIpc) is 2.87. The minimum atomic E-state index is -1.07. The predicted octanol–water partition coefficient (Wildman–Crippen LogP) is 4.35. The summed E-state index contributed by atoms with van der Waals surface area (Å²) in [4.78, 5) is 0. The summed E-state index contributed by atoms with van der Waals surface area (Å²) in [6.07, 6.45) is 6.65. The third-order valence-corrected chi connectivity index (χ3v) is 7.54. The lowest BCUT2D eigenvalue weighted by atomic mass is 10.0. The summed E-state index contributed by atoms with van der Waals surface area (Å²) in [6.45, 7) is 10.0. The Morgan fingerprint density at radius 1 is 1.13 bits per heavy atom. The summed E-state index contributed by atoms with van der Waals surface area (Å²) in [7, 11) is -1.07. The Morgan fingerprint density at radius 2 is 1.74 bits per heavy atom. The third kappa shape index (κ3) is 3.49. The van der Waals surface area contributed by atoms with Gasteiger partial charge in [0.05, 0.1) is 25.7 Å². The third-order valence-electron chi connectivity index (χ3n) is 5.47. The molecule has 128 valence electrons. The van der Waals surface area contributed by atoms with Crippen LogP contribution in [0.25, 0.3) is 0 Å². The molecule has 0 aromatic carbocycles. The van der Waals surface area contributed by atoms with Gasteiger partial charge in [0.2, 0.25) is 0 Å². The second-order valence-corrected chi connectivity index (χ2v) is 9.06. The summed E-state index contributed by atoms with van der Waals surface area (Å²) in [5, 5.41) is 8.75. The molecule has 0 amide bonds. The van der Waals surface area contributed by atoms with Crippen molar-refractivity contribution in [2.45, 2.75) is 52.6 Å². The van der Waals surface area contributed by atoms with Crippen LogP contribution >= 0.6 is 8.53 Å². The van der Waals surface area contributed by atoms with Crippen molar-refractivity contribution in [2.24, 2.45) is 29.6 Å². The fourth-order valence-electron chi connectivity index (χ4n) is 4.65. The van der Waals surface area contributed by atoms with Crippen LogP contribution in [-0.4, -0.2) is 30.0 Å². The van der Waals surface area contributed by atoms with Crippen LogP contribution < -0.4 is 0 Å². The van der Waals surface area contributed by atoms with Crippen LogP contribution in [0.4, 0.5) is 0 Å². The Balaban J connectivity index is 1.55. The second kappa shape index (κ2) is 7.19. The van der Waals surface area contributed by atoms with E-state index < -0.39 is 8.53 Å². The average molecular weight is 336 g/mol. The molecule has 4 nitrogen and oxygen atoms in total. The van der Waals surface area contributed by atoms with E-state index >= 15 is 0 Å². The highest BCUT2D eigenvalue weighted by Gasteiger charge is 2.63. The van der Waals surface area contributed by atoms with Crippen molar-refractivity contribution in [3.8, 4) is 6.07 Å². The van der Waals surface area contributed by atoms with Crippen molar-refractivity contribution in [1.82, 2.24) is 4.67 Å². The summed E-state index contributed by atoms with van der Waals surface area (Å²) in [5.74, 6) is 4.09.